The van der Waals surface area contributed by atoms with Gasteiger partial charge in [0.15, 0.2) is 0 Å². The molecule has 2 N–H and O–H groups in total. The fraction of sp³-hybridized carbons (Fsp3) is 0.0435. The number of Topliss-reactive ketones (excluding diaryl/α,β-unsaturated/α-hetero) is 1. The molecule has 2 heterocycles. The molecule has 0 bridgehead atoms. The van der Waals surface area contributed by atoms with Crippen molar-refractivity contribution < 1.29 is 14.4 Å². The minimum absolute atomic E-state index is 0.0553. The van der Waals surface area contributed by atoms with Gasteiger partial charge in [-0.25, -0.2) is 0 Å². The van der Waals surface area contributed by atoms with E-state index in [1.807, 2.05) is 0 Å². The van der Waals surface area contributed by atoms with Crippen LogP contribution in [0.25, 0.3) is 6.08 Å². The van der Waals surface area contributed by atoms with Gasteiger partial charge in [0.05, 0.1) is 21.3 Å². The summed E-state index contributed by atoms with van der Waals surface area (Å²) in [6.45, 7) is 0.325. The predicted molar refractivity (Wildman–Crippen MR) is 119 cm³/mol. The maximum atomic E-state index is 13.0. The smallest absolute Gasteiger partial charge is 0.259 e. The van der Waals surface area contributed by atoms with Gasteiger partial charge in [0.25, 0.3) is 11.8 Å². The third-order valence-electron chi connectivity index (χ3n) is 4.72. The van der Waals surface area contributed by atoms with Gasteiger partial charge in [-0.05, 0) is 59.7 Å². The Labute approximate surface area is 187 Å². The molecule has 4 rings (SSSR count). The molecule has 0 radical (unpaired) electrons. The molecular weight excluding hydrogens is 437 g/mol. The summed E-state index contributed by atoms with van der Waals surface area (Å²) in [6.07, 6.45) is 4.73. The van der Waals surface area contributed by atoms with E-state index in [9.17, 15) is 14.4 Å². The second-order valence-corrected chi connectivity index (χ2v) is 7.63. The number of benzene rings is 2. The molecule has 31 heavy (non-hydrogen) atoms. The molecule has 0 saturated heterocycles. The van der Waals surface area contributed by atoms with Crippen LogP contribution in [0.1, 0.15) is 31.8 Å². The van der Waals surface area contributed by atoms with E-state index in [2.05, 4.69) is 15.6 Å². The van der Waals surface area contributed by atoms with Gasteiger partial charge < -0.3 is 10.6 Å². The van der Waals surface area contributed by atoms with Crippen molar-refractivity contribution in [3.8, 4) is 0 Å². The summed E-state index contributed by atoms with van der Waals surface area (Å²) in [7, 11) is 0. The number of halogens is 2. The van der Waals surface area contributed by atoms with Gasteiger partial charge in [-0.3, -0.25) is 19.4 Å². The topological polar surface area (TPSA) is 88.2 Å². The van der Waals surface area contributed by atoms with Gasteiger partial charge in [-0.2, -0.15) is 0 Å². The number of carbonyl (C=O) groups excluding carboxylic acids is 3. The third-order valence-corrected chi connectivity index (χ3v) is 5.46. The summed E-state index contributed by atoms with van der Waals surface area (Å²) in [5, 5.41) is 6.17. The second-order valence-electron chi connectivity index (χ2n) is 6.81. The number of anilines is 1. The minimum atomic E-state index is -0.529. The summed E-state index contributed by atoms with van der Waals surface area (Å²) < 4.78 is 0. The molecule has 0 atom stereocenters. The monoisotopic (exact) mass is 451 g/mol. The maximum absolute atomic E-state index is 13.0. The standard InChI is InChI=1S/C23H15Cl2N3O3/c24-18-3-1-14(10-19(18)25)9-17-21(29)16-11-15(2-4-20(16)28-23(17)31)22(30)27-12-13-5-7-26-8-6-13/h1-11H,12H2,(H,27,30)(H,28,31)/b17-9+. The first-order valence-corrected chi connectivity index (χ1v) is 10.0. The van der Waals surface area contributed by atoms with E-state index in [-0.39, 0.29) is 17.0 Å². The van der Waals surface area contributed by atoms with Crippen LogP contribution in [0.15, 0.2) is 66.5 Å². The van der Waals surface area contributed by atoms with Crippen LogP contribution in [0.2, 0.25) is 10.0 Å². The fourth-order valence-corrected chi connectivity index (χ4v) is 3.41. The van der Waals surface area contributed by atoms with E-state index in [1.165, 1.54) is 12.1 Å². The zero-order chi connectivity index (χ0) is 22.0. The molecule has 1 aliphatic rings. The number of carbonyl (C=O) groups is 3. The van der Waals surface area contributed by atoms with E-state index < -0.39 is 11.7 Å². The van der Waals surface area contributed by atoms with E-state index in [1.54, 1.807) is 54.9 Å². The highest BCUT2D eigenvalue weighted by molar-refractivity contribution is 6.42. The molecule has 2 aromatic carbocycles. The molecule has 0 fully saturated rings. The Hall–Kier alpha value is -3.48. The Morgan fingerprint density at radius 3 is 2.52 bits per heavy atom. The Bertz CT molecular complexity index is 1240. The maximum Gasteiger partial charge on any atom is 0.259 e. The Morgan fingerprint density at radius 1 is 1.00 bits per heavy atom. The fourth-order valence-electron chi connectivity index (χ4n) is 3.11. The van der Waals surface area contributed by atoms with Gasteiger partial charge in [-0.15, -0.1) is 0 Å². The molecule has 6 nitrogen and oxygen atoms in total. The van der Waals surface area contributed by atoms with Crippen LogP contribution < -0.4 is 10.6 Å². The molecule has 0 unspecified atom stereocenters. The first kappa shape index (κ1) is 20.8. The zero-order valence-electron chi connectivity index (χ0n) is 16.0. The van der Waals surface area contributed by atoms with E-state index in [0.717, 1.165) is 5.56 Å². The summed E-state index contributed by atoms with van der Waals surface area (Å²) in [4.78, 5) is 42.0. The van der Waals surface area contributed by atoms with Gasteiger partial charge in [-0.1, -0.05) is 29.3 Å². The summed E-state index contributed by atoms with van der Waals surface area (Å²) in [5.74, 6) is -1.34. The molecule has 2 amide bonds. The van der Waals surface area contributed by atoms with Crippen molar-refractivity contribution >= 4 is 52.6 Å². The highest BCUT2D eigenvalue weighted by Crippen LogP contribution is 2.29. The molecule has 0 aliphatic carbocycles. The van der Waals surface area contributed by atoms with Crippen LogP contribution in [-0.4, -0.2) is 22.6 Å². The molecule has 8 heteroatoms. The summed E-state index contributed by atoms with van der Waals surface area (Å²) in [6, 6.07) is 13.0. The van der Waals surface area contributed by atoms with Crippen LogP contribution in [0, 0.1) is 0 Å². The van der Waals surface area contributed by atoms with Crippen molar-refractivity contribution in [3.05, 3.63) is 98.8 Å². The normalized spacial score (nSPS) is 14.2. The average molecular weight is 452 g/mol. The number of aromatic nitrogens is 1. The molecule has 154 valence electrons. The van der Waals surface area contributed by atoms with Crippen molar-refractivity contribution in [2.45, 2.75) is 6.54 Å². The molecule has 1 aromatic heterocycles. The van der Waals surface area contributed by atoms with Gasteiger partial charge >= 0.3 is 0 Å². The molecule has 1 aliphatic heterocycles. The van der Waals surface area contributed by atoms with Crippen molar-refractivity contribution in [2.75, 3.05) is 5.32 Å². The van der Waals surface area contributed by atoms with E-state index >= 15 is 0 Å². The van der Waals surface area contributed by atoms with E-state index in [4.69, 9.17) is 23.2 Å². The Morgan fingerprint density at radius 2 is 1.77 bits per heavy atom. The van der Waals surface area contributed by atoms with Crippen LogP contribution in [0.5, 0.6) is 0 Å². The second kappa shape index (κ2) is 8.71. The number of rotatable bonds is 4. The predicted octanol–water partition coefficient (Wildman–Crippen LogP) is 4.54. The van der Waals surface area contributed by atoms with Crippen molar-refractivity contribution in [1.29, 1.82) is 0 Å². The van der Waals surface area contributed by atoms with Crippen LogP contribution >= 0.6 is 23.2 Å². The number of hydrogen-bond acceptors (Lipinski definition) is 4. The first-order valence-electron chi connectivity index (χ1n) is 9.26. The number of fused-ring (bicyclic) bond motifs is 1. The van der Waals surface area contributed by atoms with Crippen molar-refractivity contribution in [2.24, 2.45) is 0 Å². The lowest BCUT2D eigenvalue weighted by Crippen LogP contribution is -2.28. The number of hydrogen-bond donors (Lipinski definition) is 2. The van der Waals surface area contributed by atoms with Gasteiger partial charge in [0, 0.05) is 30.1 Å². The largest absolute Gasteiger partial charge is 0.348 e. The summed E-state index contributed by atoms with van der Waals surface area (Å²) >= 11 is 11.9. The SMILES string of the molecule is O=C1Nc2ccc(C(=O)NCc3ccncc3)cc2C(=O)/C1=C\c1ccc(Cl)c(Cl)c1. The van der Waals surface area contributed by atoms with Crippen molar-refractivity contribution in [3.63, 3.8) is 0 Å². The van der Waals surface area contributed by atoms with Crippen LogP contribution in [0.4, 0.5) is 5.69 Å². The highest BCUT2D eigenvalue weighted by Gasteiger charge is 2.29. The molecule has 0 saturated carbocycles. The summed E-state index contributed by atoms with van der Waals surface area (Å²) in [5.41, 5.74) is 2.31. The van der Waals surface area contributed by atoms with Gasteiger partial charge in [0.1, 0.15) is 0 Å². The number of nitrogens with zero attached hydrogens (tertiary/aromatic N) is 1. The van der Waals surface area contributed by atoms with Crippen LogP contribution in [-0.2, 0) is 11.3 Å². The molecule has 0 spiro atoms. The lowest BCUT2D eigenvalue weighted by Gasteiger charge is -2.19. The number of pyridine rings is 1. The highest BCUT2D eigenvalue weighted by atomic mass is 35.5. The van der Waals surface area contributed by atoms with Crippen LogP contribution in [0.3, 0.4) is 0 Å². The Balaban J connectivity index is 1.59. The minimum Gasteiger partial charge on any atom is -0.348 e. The first-order chi connectivity index (χ1) is 14.9. The number of amides is 2. The lowest BCUT2D eigenvalue weighted by atomic mass is 9.93. The third kappa shape index (κ3) is 4.50. The van der Waals surface area contributed by atoms with Crippen molar-refractivity contribution in [1.82, 2.24) is 10.3 Å². The Kier molecular flexibility index (Phi) is 5.84. The number of nitrogens with one attached hydrogen (secondary N) is 2. The van der Waals surface area contributed by atoms with E-state index in [0.29, 0.717) is 33.4 Å². The molecule has 3 aromatic rings. The number of ketones is 1. The lowest BCUT2D eigenvalue weighted by molar-refractivity contribution is -0.112. The van der Waals surface area contributed by atoms with Gasteiger partial charge in [0.2, 0.25) is 5.78 Å². The average Bonchev–Trinajstić information content (AvgIpc) is 2.78. The quantitative estimate of drug-likeness (QED) is 0.450. The zero-order valence-corrected chi connectivity index (χ0v) is 17.5. The molecular formula is C23H15Cl2N3O3.